The van der Waals surface area contributed by atoms with Gasteiger partial charge in [0.05, 0.1) is 5.69 Å². The van der Waals surface area contributed by atoms with Gasteiger partial charge in [0.25, 0.3) is 0 Å². The van der Waals surface area contributed by atoms with Crippen molar-refractivity contribution in [3.8, 4) is 11.1 Å². The molecule has 2 heterocycles. The first-order valence-corrected chi connectivity index (χ1v) is 15.7. The van der Waals surface area contributed by atoms with Crippen molar-refractivity contribution >= 4 is 80.9 Å². The van der Waals surface area contributed by atoms with E-state index >= 15 is 0 Å². The summed E-state index contributed by atoms with van der Waals surface area (Å²) in [6, 6.07) is 52.8. The number of hydrogen-bond acceptors (Lipinski definition) is 3. The quantitative estimate of drug-likeness (QED) is 0.193. The summed E-state index contributed by atoms with van der Waals surface area (Å²) in [6.45, 7) is 0. The molecule has 206 valence electrons. The number of aromatic nitrogens is 1. The van der Waals surface area contributed by atoms with Crippen LogP contribution in [0.2, 0.25) is 0 Å². The molecule has 0 spiro atoms. The smallest absolute Gasteiger partial charge is 0.0555 e. The van der Waals surface area contributed by atoms with E-state index in [1.54, 1.807) is 0 Å². The molecule has 0 amide bonds. The van der Waals surface area contributed by atoms with Crippen LogP contribution in [0.5, 0.6) is 0 Å². The minimum Gasteiger partial charge on any atom is -0.310 e. The minimum atomic E-state index is 1.12. The molecule has 0 saturated heterocycles. The van der Waals surface area contributed by atoms with Crippen LogP contribution in [0.1, 0.15) is 0 Å². The molecular weight excluding hydrogens is 553 g/mol. The number of thiophene rings is 1. The summed E-state index contributed by atoms with van der Waals surface area (Å²) in [5.41, 5.74) is 5.81. The number of nitrogens with zero attached hydrogens (tertiary/aromatic N) is 2. The van der Waals surface area contributed by atoms with Crippen molar-refractivity contribution in [2.24, 2.45) is 0 Å². The Bertz CT molecular complexity index is 2490. The standard InChI is InChI=1S/C41H26N2S/c1-2-7-27(8-3-1)28-17-19-32(20-18-28)43(37-11-6-12-39-41(37)36-26-42-24-23-38(36)44-39)33-21-22-35-31(25-33)16-15-30-14-13-29-9-4-5-10-34(29)40(30)35/h1-26H. The molecule has 44 heavy (non-hydrogen) atoms. The lowest BCUT2D eigenvalue weighted by Gasteiger charge is -2.27. The summed E-state index contributed by atoms with van der Waals surface area (Å²) in [6.07, 6.45) is 3.89. The van der Waals surface area contributed by atoms with Crippen molar-refractivity contribution in [1.82, 2.24) is 4.98 Å². The van der Waals surface area contributed by atoms with Crippen LogP contribution in [0, 0.1) is 0 Å². The van der Waals surface area contributed by atoms with Crippen molar-refractivity contribution in [2.45, 2.75) is 0 Å². The Morgan fingerprint density at radius 1 is 0.455 bits per heavy atom. The van der Waals surface area contributed by atoms with Crippen LogP contribution in [0.25, 0.3) is 63.6 Å². The van der Waals surface area contributed by atoms with Gasteiger partial charge in [-0.15, -0.1) is 11.3 Å². The van der Waals surface area contributed by atoms with Crippen LogP contribution >= 0.6 is 11.3 Å². The topological polar surface area (TPSA) is 16.1 Å². The van der Waals surface area contributed by atoms with E-state index in [0.717, 1.165) is 17.1 Å². The second-order valence-corrected chi connectivity index (χ2v) is 12.3. The molecule has 3 heteroatoms. The molecule has 0 aliphatic rings. The van der Waals surface area contributed by atoms with Gasteiger partial charge in [-0.25, -0.2) is 0 Å². The SMILES string of the molecule is c1ccc(-c2ccc(N(c3ccc4c(ccc5ccc6ccccc6c54)c3)c3cccc4sc5ccncc5c34)cc2)cc1. The average molecular weight is 579 g/mol. The highest BCUT2D eigenvalue weighted by Crippen LogP contribution is 2.45. The maximum absolute atomic E-state index is 4.51. The fourth-order valence-electron chi connectivity index (χ4n) is 6.66. The van der Waals surface area contributed by atoms with Gasteiger partial charge < -0.3 is 4.90 Å². The Labute approximate surface area is 259 Å². The fourth-order valence-corrected chi connectivity index (χ4v) is 7.76. The molecule has 0 radical (unpaired) electrons. The third kappa shape index (κ3) is 3.98. The molecule has 9 aromatic rings. The van der Waals surface area contributed by atoms with Crippen LogP contribution < -0.4 is 4.90 Å². The Morgan fingerprint density at radius 3 is 2.07 bits per heavy atom. The summed E-state index contributed by atoms with van der Waals surface area (Å²) in [5.74, 6) is 0. The first kappa shape index (κ1) is 25.0. The highest BCUT2D eigenvalue weighted by atomic mass is 32.1. The fraction of sp³-hybridized carbons (Fsp3) is 0. The monoisotopic (exact) mass is 578 g/mol. The summed E-state index contributed by atoms with van der Waals surface area (Å²) < 4.78 is 2.51. The van der Waals surface area contributed by atoms with Crippen molar-refractivity contribution < 1.29 is 0 Å². The Morgan fingerprint density at radius 2 is 1.18 bits per heavy atom. The van der Waals surface area contributed by atoms with E-state index in [2.05, 4.69) is 155 Å². The summed E-state index contributed by atoms with van der Waals surface area (Å²) in [7, 11) is 0. The van der Waals surface area contributed by atoms with E-state index in [0.29, 0.717) is 0 Å². The molecule has 0 N–H and O–H groups in total. The summed E-state index contributed by atoms with van der Waals surface area (Å²) in [5, 5.41) is 10.0. The van der Waals surface area contributed by atoms with E-state index < -0.39 is 0 Å². The molecule has 0 bridgehead atoms. The van der Waals surface area contributed by atoms with Crippen LogP contribution in [-0.4, -0.2) is 4.98 Å². The zero-order valence-corrected chi connectivity index (χ0v) is 24.6. The lowest BCUT2D eigenvalue weighted by molar-refractivity contribution is 1.30. The molecule has 2 nitrogen and oxygen atoms in total. The van der Waals surface area contributed by atoms with Crippen molar-refractivity contribution in [2.75, 3.05) is 4.90 Å². The van der Waals surface area contributed by atoms with Gasteiger partial charge >= 0.3 is 0 Å². The third-order valence-corrected chi connectivity index (χ3v) is 9.85. The van der Waals surface area contributed by atoms with Crippen LogP contribution in [-0.2, 0) is 0 Å². The number of benzene rings is 7. The highest BCUT2D eigenvalue weighted by molar-refractivity contribution is 7.25. The lowest BCUT2D eigenvalue weighted by atomic mass is 9.96. The van der Waals surface area contributed by atoms with Gasteiger partial charge in [-0.3, -0.25) is 4.98 Å². The number of anilines is 3. The van der Waals surface area contributed by atoms with Gasteiger partial charge in [-0.2, -0.15) is 0 Å². The molecular formula is C41H26N2S. The van der Waals surface area contributed by atoms with E-state index in [9.17, 15) is 0 Å². The van der Waals surface area contributed by atoms with Gasteiger partial charge in [0, 0.05) is 43.9 Å². The molecule has 9 rings (SSSR count). The van der Waals surface area contributed by atoms with E-state index in [4.69, 9.17) is 0 Å². The molecule has 0 atom stereocenters. The largest absolute Gasteiger partial charge is 0.310 e. The molecule has 0 unspecified atom stereocenters. The van der Waals surface area contributed by atoms with Crippen molar-refractivity contribution in [1.29, 1.82) is 0 Å². The number of fused-ring (bicyclic) bond motifs is 8. The van der Waals surface area contributed by atoms with Gasteiger partial charge in [0.1, 0.15) is 0 Å². The maximum Gasteiger partial charge on any atom is 0.0555 e. The van der Waals surface area contributed by atoms with Crippen molar-refractivity contribution in [3.63, 3.8) is 0 Å². The molecule has 0 fully saturated rings. The Balaban J connectivity index is 1.29. The highest BCUT2D eigenvalue weighted by Gasteiger charge is 2.19. The molecule has 0 aliphatic carbocycles. The molecule has 0 saturated carbocycles. The predicted octanol–water partition coefficient (Wildman–Crippen LogP) is 12.0. The Hall–Kier alpha value is -5.51. The average Bonchev–Trinajstić information content (AvgIpc) is 3.48. The summed E-state index contributed by atoms with van der Waals surface area (Å²) in [4.78, 5) is 6.91. The van der Waals surface area contributed by atoms with Crippen LogP contribution in [0.15, 0.2) is 158 Å². The van der Waals surface area contributed by atoms with Gasteiger partial charge in [0.15, 0.2) is 0 Å². The maximum atomic E-state index is 4.51. The zero-order chi connectivity index (χ0) is 29.0. The van der Waals surface area contributed by atoms with Crippen LogP contribution in [0.4, 0.5) is 17.1 Å². The minimum absolute atomic E-state index is 1.12. The van der Waals surface area contributed by atoms with E-state index in [-0.39, 0.29) is 0 Å². The first-order valence-electron chi connectivity index (χ1n) is 14.9. The Kier molecular flexibility index (Phi) is 5.71. The van der Waals surface area contributed by atoms with Gasteiger partial charge in [0.2, 0.25) is 0 Å². The predicted molar refractivity (Wildman–Crippen MR) is 190 cm³/mol. The molecule has 2 aromatic heterocycles. The van der Waals surface area contributed by atoms with E-state index in [1.165, 1.54) is 63.6 Å². The van der Waals surface area contributed by atoms with E-state index in [1.807, 2.05) is 23.7 Å². The normalized spacial score (nSPS) is 11.6. The zero-order valence-electron chi connectivity index (χ0n) is 23.8. The number of pyridine rings is 1. The molecule has 7 aromatic carbocycles. The summed E-state index contributed by atoms with van der Waals surface area (Å²) >= 11 is 1.82. The number of rotatable bonds is 4. The third-order valence-electron chi connectivity index (χ3n) is 8.71. The van der Waals surface area contributed by atoms with Crippen molar-refractivity contribution in [3.05, 3.63) is 158 Å². The second-order valence-electron chi connectivity index (χ2n) is 11.2. The van der Waals surface area contributed by atoms with Crippen LogP contribution in [0.3, 0.4) is 0 Å². The first-order chi connectivity index (χ1) is 21.8. The lowest BCUT2D eigenvalue weighted by Crippen LogP contribution is -2.10. The van der Waals surface area contributed by atoms with Gasteiger partial charge in [-0.05, 0) is 85.9 Å². The second kappa shape index (κ2) is 10.0. The van der Waals surface area contributed by atoms with Gasteiger partial charge in [-0.1, -0.05) is 103 Å². The molecule has 0 aliphatic heterocycles. The number of hydrogen-bond donors (Lipinski definition) is 0.